The van der Waals surface area contributed by atoms with E-state index in [2.05, 4.69) is 20.7 Å². The largest absolute Gasteiger partial charge is 0.493 e. The molecule has 1 aromatic heterocycles. The first-order valence-corrected chi connectivity index (χ1v) is 8.85. The van der Waals surface area contributed by atoms with Crippen molar-refractivity contribution in [3.63, 3.8) is 0 Å². The number of rotatable bonds is 9. The summed E-state index contributed by atoms with van der Waals surface area (Å²) in [6, 6.07) is 7.64. The van der Waals surface area contributed by atoms with E-state index in [1.807, 2.05) is 55.2 Å². The van der Waals surface area contributed by atoms with Gasteiger partial charge in [0.25, 0.3) is 0 Å². The van der Waals surface area contributed by atoms with Crippen LogP contribution in [0.4, 0.5) is 0 Å². The maximum atomic E-state index is 5.94. The van der Waals surface area contributed by atoms with Gasteiger partial charge in [-0.15, -0.1) is 24.0 Å². The van der Waals surface area contributed by atoms with Crippen molar-refractivity contribution in [2.24, 2.45) is 4.99 Å². The number of ether oxygens (including phenoxy) is 2. The van der Waals surface area contributed by atoms with E-state index in [1.165, 1.54) is 5.56 Å². The van der Waals surface area contributed by atoms with Crippen molar-refractivity contribution in [3.05, 3.63) is 42.2 Å². The maximum absolute atomic E-state index is 5.94. The van der Waals surface area contributed by atoms with Crippen molar-refractivity contribution < 1.29 is 9.47 Å². The van der Waals surface area contributed by atoms with Gasteiger partial charge in [0.1, 0.15) is 6.10 Å². The number of halogens is 1. The molecule has 0 radical (unpaired) electrons. The zero-order valence-electron chi connectivity index (χ0n) is 16.4. The van der Waals surface area contributed by atoms with Gasteiger partial charge in [-0.2, -0.15) is 5.10 Å². The van der Waals surface area contributed by atoms with Gasteiger partial charge in [0.15, 0.2) is 17.5 Å². The Morgan fingerprint density at radius 3 is 2.63 bits per heavy atom. The molecule has 0 aliphatic rings. The average molecular weight is 487 g/mol. The summed E-state index contributed by atoms with van der Waals surface area (Å²) >= 11 is 0. The third-order valence-corrected chi connectivity index (χ3v) is 3.80. The Hall–Kier alpha value is -1.97. The minimum atomic E-state index is -0.0306. The van der Waals surface area contributed by atoms with E-state index in [9.17, 15) is 0 Å². The number of benzene rings is 1. The first kappa shape index (κ1) is 23.1. The minimum Gasteiger partial charge on any atom is -0.493 e. The molecule has 150 valence electrons. The fourth-order valence-corrected chi connectivity index (χ4v) is 2.47. The minimum absolute atomic E-state index is 0. The Bertz CT molecular complexity index is 705. The summed E-state index contributed by atoms with van der Waals surface area (Å²) in [4.78, 5) is 4.24. The molecule has 2 aromatic rings. The molecule has 8 heteroatoms. The van der Waals surface area contributed by atoms with E-state index < -0.39 is 0 Å². The second kappa shape index (κ2) is 12.4. The molecular formula is C19H30IN5O2. The van der Waals surface area contributed by atoms with Crippen LogP contribution in [0, 0.1) is 6.92 Å². The van der Waals surface area contributed by atoms with E-state index >= 15 is 0 Å². The number of aromatic nitrogens is 2. The van der Waals surface area contributed by atoms with Crippen molar-refractivity contribution in [1.29, 1.82) is 0 Å². The van der Waals surface area contributed by atoms with Gasteiger partial charge in [-0.25, -0.2) is 0 Å². The normalized spacial score (nSPS) is 12.1. The van der Waals surface area contributed by atoms with Crippen LogP contribution in [0.2, 0.25) is 0 Å². The monoisotopic (exact) mass is 487 g/mol. The van der Waals surface area contributed by atoms with E-state index in [0.717, 1.165) is 37.0 Å². The zero-order chi connectivity index (χ0) is 18.8. The van der Waals surface area contributed by atoms with Crippen molar-refractivity contribution in [2.45, 2.75) is 32.9 Å². The van der Waals surface area contributed by atoms with Crippen LogP contribution in [0.3, 0.4) is 0 Å². The molecule has 1 atom stereocenters. The van der Waals surface area contributed by atoms with Gasteiger partial charge in [0, 0.05) is 26.3 Å². The van der Waals surface area contributed by atoms with Gasteiger partial charge in [0.05, 0.1) is 19.9 Å². The smallest absolute Gasteiger partial charge is 0.191 e. The molecule has 1 heterocycles. The van der Waals surface area contributed by atoms with E-state index in [0.29, 0.717) is 6.54 Å². The van der Waals surface area contributed by atoms with E-state index in [4.69, 9.17) is 9.47 Å². The number of nitrogens with zero attached hydrogens (tertiary/aromatic N) is 3. The quantitative estimate of drug-likeness (QED) is 0.246. The lowest BCUT2D eigenvalue weighted by molar-refractivity contribution is 0.213. The fraction of sp³-hybridized carbons (Fsp3) is 0.474. The van der Waals surface area contributed by atoms with E-state index in [-0.39, 0.29) is 30.1 Å². The van der Waals surface area contributed by atoms with Crippen LogP contribution in [0.15, 0.2) is 41.7 Å². The van der Waals surface area contributed by atoms with Gasteiger partial charge in [-0.05, 0) is 38.0 Å². The van der Waals surface area contributed by atoms with Crippen LogP contribution in [0.25, 0.3) is 0 Å². The first-order chi connectivity index (χ1) is 12.6. The maximum Gasteiger partial charge on any atom is 0.191 e. The fourth-order valence-electron chi connectivity index (χ4n) is 2.47. The van der Waals surface area contributed by atoms with Gasteiger partial charge in [0.2, 0.25) is 0 Å². The topological polar surface area (TPSA) is 72.7 Å². The van der Waals surface area contributed by atoms with Crippen molar-refractivity contribution in [1.82, 2.24) is 20.4 Å². The van der Waals surface area contributed by atoms with Crippen LogP contribution in [0.1, 0.15) is 18.9 Å². The highest BCUT2D eigenvalue weighted by Gasteiger charge is 2.09. The molecule has 27 heavy (non-hydrogen) atoms. The first-order valence-electron chi connectivity index (χ1n) is 8.85. The predicted molar refractivity (Wildman–Crippen MR) is 119 cm³/mol. The number of hydrogen-bond acceptors (Lipinski definition) is 4. The van der Waals surface area contributed by atoms with E-state index in [1.54, 1.807) is 14.2 Å². The number of guanidine groups is 1. The van der Waals surface area contributed by atoms with Crippen LogP contribution in [-0.2, 0) is 6.54 Å². The standard InChI is InChI=1S/C19H29N5O2.HI/c1-15-12-23-24(14-15)11-7-10-21-19(20-3)22-13-16(2)26-18-9-6-5-8-17(18)25-4;/h5-6,8-9,12,14,16H,7,10-11,13H2,1-4H3,(H2,20,21,22);1H. The number of methoxy groups -OCH3 is 1. The second-order valence-electron chi connectivity index (χ2n) is 6.09. The molecule has 7 nitrogen and oxygen atoms in total. The third-order valence-electron chi connectivity index (χ3n) is 3.80. The molecule has 2 N–H and O–H groups in total. The molecule has 0 spiro atoms. The molecule has 0 saturated carbocycles. The van der Waals surface area contributed by atoms with Gasteiger partial charge in [-0.1, -0.05) is 12.1 Å². The number of hydrogen-bond donors (Lipinski definition) is 2. The number of aliphatic imine (C=N–C) groups is 1. The molecule has 2 rings (SSSR count). The molecule has 0 aliphatic carbocycles. The molecule has 0 amide bonds. The lowest BCUT2D eigenvalue weighted by atomic mass is 10.3. The Kier molecular flexibility index (Phi) is 10.6. The predicted octanol–water partition coefficient (Wildman–Crippen LogP) is 2.84. The molecule has 0 saturated heterocycles. The van der Waals surface area contributed by atoms with Crippen molar-refractivity contribution in [2.75, 3.05) is 27.2 Å². The lowest BCUT2D eigenvalue weighted by Crippen LogP contribution is -2.42. The van der Waals surface area contributed by atoms with Crippen LogP contribution in [0.5, 0.6) is 11.5 Å². The van der Waals surface area contributed by atoms with Crippen molar-refractivity contribution >= 4 is 29.9 Å². The summed E-state index contributed by atoms with van der Waals surface area (Å²) in [5.41, 5.74) is 1.18. The molecule has 0 fully saturated rings. The number of aryl methyl sites for hydroxylation is 2. The molecule has 0 aliphatic heterocycles. The summed E-state index contributed by atoms with van der Waals surface area (Å²) in [6.07, 6.45) is 4.85. The van der Waals surface area contributed by atoms with Gasteiger partial charge >= 0.3 is 0 Å². The summed E-state index contributed by atoms with van der Waals surface area (Å²) in [6.45, 7) is 6.39. The average Bonchev–Trinajstić information content (AvgIpc) is 3.06. The molecule has 1 unspecified atom stereocenters. The van der Waals surface area contributed by atoms with Crippen LogP contribution < -0.4 is 20.1 Å². The third kappa shape index (κ3) is 8.06. The molecule has 0 bridgehead atoms. The summed E-state index contributed by atoms with van der Waals surface area (Å²) in [5.74, 6) is 2.23. The Labute approximate surface area is 178 Å². The zero-order valence-corrected chi connectivity index (χ0v) is 18.8. The molecule has 1 aromatic carbocycles. The second-order valence-corrected chi connectivity index (χ2v) is 6.09. The summed E-state index contributed by atoms with van der Waals surface area (Å²) in [7, 11) is 3.40. The molecular weight excluding hydrogens is 457 g/mol. The number of nitrogens with one attached hydrogen (secondary N) is 2. The van der Waals surface area contributed by atoms with Gasteiger partial charge < -0.3 is 20.1 Å². The van der Waals surface area contributed by atoms with Crippen LogP contribution in [-0.4, -0.2) is 49.1 Å². The highest BCUT2D eigenvalue weighted by atomic mass is 127. The summed E-state index contributed by atoms with van der Waals surface area (Å²) < 4.78 is 13.2. The Balaban J connectivity index is 0.00000364. The SMILES string of the molecule is CN=C(NCCCn1cc(C)cn1)NCC(C)Oc1ccccc1OC.I. The number of para-hydroxylation sites is 2. The Morgan fingerprint density at radius 2 is 2.00 bits per heavy atom. The highest BCUT2D eigenvalue weighted by Crippen LogP contribution is 2.26. The van der Waals surface area contributed by atoms with Crippen LogP contribution >= 0.6 is 24.0 Å². The highest BCUT2D eigenvalue weighted by molar-refractivity contribution is 14.0. The van der Waals surface area contributed by atoms with Gasteiger partial charge in [-0.3, -0.25) is 9.67 Å². The van der Waals surface area contributed by atoms with Crippen molar-refractivity contribution in [3.8, 4) is 11.5 Å². The Morgan fingerprint density at radius 1 is 1.26 bits per heavy atom. The lowest BCUT2D eigenvalue weighted by Gasteiger charge is -2.19. The summed E-state index contributed by atoms with van der Waals surface area (Å²) in [5, 5.41) is 10.9.